The Morgan fingerprint density at radius 3 is 2.35 bits per heavy atom. The van der Waals surface area contributed by atoms with Crippen molar-refractivity contribution in [1.82, 2.24) is 9.97 Å². The number of hydrogen-bond acceptors (Lipinski definition) is 3. The molecule has 2 N–H and O–H groups in total. The van der Waals surface area contributed by atoms with Gasteiger partial charge in [-0.3, -0.25) is 0 Å². The first-order chi connectivity index (χ1) is 11.0. The maximum Gasteiger partial charge on any atom is 0.220 e. The number of rotatable bonds is 3. The topological polar surface area (TPSA) is 51.8 Å². The van der Waals surface area contributed by atoms with Crippen LogP contribution in [0.5, 0.6) is 0 Å². The molecule has 3 aromatic rings. The van der Waals surface area contributed by atoms with E-state index in [0.717, 1.165) is 22.4 Å². The van der Waals surface area contributed by atoms with Crippen LogP contribution in [0.25, 0.3) is 11.1 Å². The summed E-state index contributed by atoms with van der Waals surface area (Å²) in [6.45, 7) is 0. The van der Waals surface area contributed by atoms with Gasteiger partial charge in [0.15, 0.2) is 0 Å². The number of halogens is 3. The minimum absolute atomic E-state index is 0.203. The lowest BCUT2D eigenvalue weighted by atomic mass is 10.0. The van der Waals surface area contributed by atoms with Crippen LogP contribution in [-0.4, -0.2) is 9.97 Å². The molecular weight excluding hydrogens is 353 g/mol. The Morgan fingerprint density at radius 1 is 0.957 bits per heavy atom. The summed E-state index contributed by atoms with van der Waals surface area (Å²) >= 11 is 18.6. The molecule has 0 atom stereocenters. The SMILES string of the molecule is Nc1ncc(-c2cccc(Cl)c2)c(Cc2c(Cl)cccc2Cl)n1. The maximum absolute atomic E-state index is 6.26. The molecule has 3 rings (SSSR count). The van der Waals surface area contributed by atoms with Gasteiger partial charge in [0.2, 0.25) is 5.95 Å². The molecule has 0 aliphatic carbocycles. The van der Waals surface area contributed by atoms with Gasteiger partial charge in [0.1, 0.15) is 0 Å². The zero-order chi connectivity index (χ0) is 16.4. The Morgan fingerprint density at radius 2 is 1.65 bits per heavy atom. The third-order valence-electron chi connectivity index (χ3n) is 3.43. The minimum Gasteiger partial charge on any atom is -0.368 e. The van der Waals surface area contributed by atoms with Gasteiger partial charge in [0.05, 0.1) is 5.69 Å². The highest BCUT2D eigenvalue weighted by Gasteiger charge is 2.13. The second-order valence-corrected chi connectivity index (χ2v) is 6.23. The molecule has 0 aliphatic heterocycles. The highest BCUT2D eigenvalue weighted by Crippen LogP contribution is 2.31. The molecule has 0 radical (unpaired) electrons. The summed E-state index contributed by atoms with van der Waals surface area (Å²) in [4.78, 5) is 8.45. The molecule has 3 nitrogen and oxygen atoms in total. The van der Waals surface area contributed by atoms with Gasteiger partial charge in [-0.1, -0.05) is 53.0 Å². The molecule has 0 aliphatic rings. The van der Waals surface area contributed by atoms with Crippen molar-refractivity contribution in [2.24, 2.45) is 0 Å². The predicted molar refractivity (Wildman–Crippen MR) is 96.2 cm³/mol. The molecule has 0 unspecified atom stereocenters. The van der Waals surface area contributed by atoms with Crippen molar-refractivity contribution in [2.45, 2.75) is 6.42 Å². The highest BCUT2D eigenvalue weighted by molar-refractivity contribution is 6.36. The van der Waals surface area contributed by atoms with Gasteiger partial charge in [-0.25, -0.2) is 9.97 Å². The van der Waals surface area contributed by atoms with E-state index in [4.69, 9.17) is 40.5 Å². The van der Waals surface area contributed by atoms with Crippen LogP contribution in [0, 0.1) is 0 Å². The van der Waals surface area contributed by atoms with Crippen LogP contribution in [0.4, 0.5) is 5.95 Å². The molecular formula is C17H12Cl3N3. The number of hydrogen-bond donors (Lipinski definition) is 1. The third kappa shape index (κ3) is 3.58. The maximum atomic E-state index is 6.26. The summed E-state index contributed by atoms with van der Waals surface area (Å²) in [5.41, 5.74) is 9.06. The molecule has 1 aromatic heterocycles. The Bertz CT molecular complexity index is 845. The van der Waals surface area contributed by atoms with Gasteiger partial charge in [0, 0.05) is 33.2 Å². The van der Waals surface area contributed by atoms with Gasteiger partial charge in [-0.05, 0) is 35.4 Å². The lowest BCUT2D eigenvalue weighted by Crippen LogP contribution is -2.03. The van der Waals surface area contributed by atoms with Crippen molar-refractivity contribution >= 4 is 40.8 Å². The largest absolute Gasteiger partial charge is 0.368 e. The average Bonchev–Trinajstić information content (AvgIpc) is 2.51. The number of nitrogens with zero attached hydrogens (tertiary/aromatic N) is 2. The van der Waals surface area contributed by atoms with E-state index in [-0.39, 0.29) is 5.95 Å². The third-order valence-corrected chi connectivity index (χ3v) is 4.37. The highest BCUT2D eigenvalue weighted by atomic mass is 35.5. The number of benzene rings is 2. The average molecular weight is 365 g/mol. The van der Waals surface area contributed by atoms with Gasteiger partial charge in [-0.15, -0.1) is 0 Å². The molecule has 0 fully saturated rings. The molecule has 0 bridgehead atoms. The monoisotopic (exact) mass is 363 g/mol. The molecule has 1 heterocycles. The first-order valence-corrected chi connectivity index (χ1v) is 7.98. The predicted octanol–water partition coefficient (Wildman–Crippen LogP) is 5.28. The molecule has 0 saturated carbocycles. The van der Waals surface area contributed by atoms with E-state index in [1.807, 2.05) is 24.3 Å². The van der Waals surface area contributed by atoms with Crippen molar-refractivity contribution in [3.05, 3.63) is 75.0 Å². The Kier molecular flexibility index (Phi) is 4.71. The van der Waals surface area contributed by atoms with Crippen molar-refractivity contribution in [2.75, 3.05) is 5.73 Å². The number of nitrogens with two attached hydrogens (primary N) is 1. The van der Waals surface area contributed by atoms with Crippen LogP contribution in [0.1, 0.15) is 11.3 Å². The van der Waals surface area contributed by atoms with Crippen molar-refractivity contribution in [3.63, 3.8) is 0 Å². The van der Waals surface area contributed by atoms with Crippen LogP contribution < -0.4 is 5.73 Å². The van der Waals surface area contributed by atoms with Crippen LogP contribution >= 0.6 is 34.8 Å². The second-order valence-electron chi connectivity index (χ2n) is 4.98. The summed E-state index contributed by atoms with van der Waals surface area (Å²) in [6, 6.07) is 12.9. The standard InChI is InChI=1S/C17H12Cl3N3/c18-11-4-1-3-10(7-11)13-9-22-17(21)23-16(13)8-12-14(19)5-2-6-15(12)20/h1-7,9H,8H2,(H2,21,22,23). The summed E-state index contributed by atoms with van der Waals surface area (Å²) in [5, 5.41) is 1.82. The fourth-order valence-corrected chi connectivity index (χ4v) is 3.05. The Hall–Kier alpha value is -1.81. The van der Waals surface area contributed by atoms with E-state index in [1.54, 1.807) is 24.4 Å². The fraction of sp³-hybridized carbons (Fsp3) is 0.0588. The molecule has 2 aromatic carbocycles. The van der Waals surface area contributed by atoms with Crippen LogP contribution in [0.3, 0.4) is 0 Å². The summed E-state index contributed by atoms with van der Waals surface area (Å²) in [5.74, 6) is 0.203. The minimum atomic E-state index is 0.203. The summed E-state index contributed by atoms with van der Waals surface area (Å²) < 4.78 is 0. The van der Waals surface area contributed by atoms with E-state index >= 15 is 0 Å². The zero-order valence-electron chi connectivity index (χ0n) is 11.9. The van der Waals surface area contributed by atoms with Gasteiger partial charge >= 0.3 is 0 Å². The summed E-state index contributed by atoms with van der Waals surface area (Å²) in [6.07, 6.45) is 2.14. The molecule has 0 spiro atoms. The second kappa shape index (κ2) is 6.75. The van der Waals surface area contributed by atoms with Crippen LogP contribution in [0.15, 0.2) is 48.7 Å². The first kappa shape index (κ1) is 16.1. The van der Waals surface area contributed by atoms with E-state index in [2.05, 4.69) is 9.97 Å². The Balaban J connectivity index is 2.10. The van der Waals surface area contributed by atoms with Gasteiger partial charge in [-0.2, -0.15) is 0 Å². The lowest BCUT2D eigenvalue weighted by molar-refractivity contribution is 1.04. The Labute approximate surface area is 149 Å². The van der Waals surface area contributed by atoms with E-state index < -0.39 is 0 Å². The molecule has 0 saturated heterocycles. The molecule has 6 heteroatoms. The van der Waals surface area contributed by atoms with Crippen LogP contribution in [-0.2, 0) is 6.42 Å². The van der Waals surface area contributed by atoms with Crippen molar-refractivity contribution < 1.29 is 0 Å². The van der Waals surface area contributed by atoms with Crippen LogP contribution in [0.2, 0.25) is 15.1 Å². The van der Waals surface area contributed by atoms with Gasteiger partial charge in [0.25, 0.3) is 0 Å². The number of nitrogen functional groups attached to an aromatic ring is 1. The van der Waals surface area contributed by atoms with Crippen molar-refractivity contribution in [3.8, 4) is 11.1 Å². The summed E-state index contributed by atoms with van der Waals surface area (Å²) in [7, 11) is 0. The molecule has 116 valence electrons. The van der Waals surface area contributed by atoms with E-state index in [9.17, 15) is 0 Å². The first-order valence-electron chi connectivity index (χ1n) is 6.85. The number of aromatic nitrogens is 2. The quantitative estimate of drug-likeness (QED) is 0.688. The lowest BCUT2D eigenvalue weighted by Gasteiger charge is -2.12. The van der Waals surface area contributed by atoms with Gasteiger partial charge < -0.3 is 5.73 Å². The van der Waals surface area contributed by atoms with Crippen molar-refractivity contribution in [1.29, 1.82) is 0 Å². The molecule has 0 amide bonds. The molecule has 23 heavy (non-hydrogen) atoms. The fourth-order valence-electron chi connectivity index (χ4n) is 2.33. The number of anilines is 1. The zero-order valence-corrected chi connectivity index (χ0v) is 14.2. The normalized spacial score (nSPS) is 10.7. The van der Waals surface area contributed by atoms with E-state index in [1.165, 1.54) is 0 Å². The van der Waals surface area contributed by atoms with E-state index in [0.29, 0.717) is 21.5 Å². The smallest absolute Gasteiger partial charge is 0.220 e.